The summed E-state index contributed by atoms with van der Waals surface area (Å²) in [7, 11) is 0. The minimum Gasteiger partial charge on any atom is -0.456 e. The van der Waals surface area contributed by atoms with E-state index >= 15 is 0 Å². The van der Waals surface area contributed by atoms with Crippen molar-refractivity contribution in [3.8, 4) is 11.3 Å². The summed E-state index contributed by atoms with van der Waals surface area (Å²) in [4.78, 5) is 30.0. The summed E-state index contributed by atoms with van der Waals surface area (Å²) >= 11 is 0. The lowest BCUT2D eigenvalue weighted by Crippen LogP contribution is -2.14. The predicted octanol–water partition coefficient (Wildman–Crippen LogP) is 4.15. The summed E-state index contributed by atoms with van der Waals surface area (Å²) < 4.78 is 11.3. The first kappa shape index (κ1) is 20.3. The molecule has 0 saturated heterocycles. The molecule has 31 heavy (non-hydrogen) atoms. The van der Waals surface area contributed by atoms with Crippen LogP contribution in [0.5, 0.6) is 0 Å². The van der Waals surface area contributed by atoms with Crippen molar-refractivity contribution in [1.82, 2.24) is 20.0 Å². The maximum Gasteiger partial charge on any atom is 0.279 e. The molecule has 158 valence electrons. The van der Waals surface area contributed by atoms with Crippen LogP contribution in [0.1, 0.15) is 59.4 Å². The number of carbonyl (C=O) groups is 2. The van der Waals surface area contributed by atoms with Crippen LogP contribution in [0, 0.1) is 0 Å². The molecule has 3 heterocycles. The molecule has 4 aromatic rings. The molecule has 1 N–H and O–H groups in total. The van der Waals surface area contributed by atoms with E-state index in [1.165, 1.54) is 17.9 Å². The van der Waals surface area contributed by atoms with Crippen molar-refractivity contribution < 1.29 is 18.4 Å². The van der Waals surface area contributed by atoms with Gasteiger partial charge >= 0.3 is 0 Å². The van der Waals surface area contributed by atoms with Crippen LogP contribution in [0.25, 0.3) is 11.3 Å². The second-order valence-electron chi connectivity index (χ2n) is 7.29. The quantitative estimate of drug-likeness (QED) is 0.447. The Balaban J connectivity index is 1.53. The standard InChI is InChI=1S/C22H21N5O4/c1-13(2)22-25-19(20(31-22)15-7-5-4-6-8-15)21(29)24-18-11-23-27(26-18)12-16-9-10-17(30-16)14(3)28/h4-11,13H,12H2,1-3H3,(H,24,26,29). The van der Waals surface area contributed by atoms with Crippen LogP contribution in [-0.2, 0) is 6.54 Å². The normalized spacial score (nSPS) is 11.1. The first-order valence-corrected chi connectivity index (χ1v) is 9.78. The highest BCUT2D eigenvalue weighted by molar-refractivity contribution is 6.05. The zero-order valence-corrected chi connectivity index (χ0v) is 17.3. The Bertz CT molecular complexity index is 1220. The van der Waals surface area contributed by atoms with Gasteiger partial charge in [0, 0.05) is 18.4 Å². The van der Waals surface area contributed by atoms with Gasteiger partial charge in [-0.1, -0.05) is 44.2 Å². The zero-order chi connectivity index (χ0) is 22.0. The molecule has 0 bridgehead atoms. The van der Waals surface area contributed by atoms with Crippen molar-refractivity contribution in [3.63, 3.8) is 0 Å². The van der Waals surface area contributed by atoms with Crippen LogP contribution >= 0.6 is 0 Å². The molecule has 0 spiro atoms. The maximum atomic E-state index is 12.9. The average molecular weight is 419 g/mol. The predicted molar refractivity (Wildman–Crippen MR) is 112 cm³/mol. The average Bonchev–Trinajstić information content (AvgIpc) is 3.48. The summed E-state index contributed by atoms with van der Waals surface area (Å²) in [5.74, 6) is 1.37. The van der Waals surface area contributed by atoms with E-state index in [0.29, 0.717) is 17.4 Å². The van der Waals surface area contributed by atoms with Crippen molar-refractivity contribution in [2.24, 2.45) is 0 Å². The number of anilines is 1. The number of rotatable bonds is 7. The number of hydrogen-bond donors (Lipinski definition) is 1. The molecular formula is C22H21N5O4. The number of benzene rings is 1. The molecule has 1 amide bonds. The van der Waals surface area contributed by atoms with E-state index in [-0.39, 0.29) is 35.5 Å². The number of furan rings is 1. The van der Waals surface area contributed by atoms with Crippen molar-refractivity contribution in [2.45, 2.75) is 33.2 Å². The molecule has 4 rings (SSSR count). The Morgan fingerprint density at radius 2 is 1.87 bits per heavy atom. The number of ketones is 1. The monoisotopic (exact) mass is 419 g/mol. The van der Waals surface area contributed by atoms with E-state index in [9.17, 15) is 9.59 Å². The highest BCUT2D eigenvalue weighted by Gasteiger charge is 2.23. The summed E-state index contributed by atoms with van der Waals surface area (Å²) in [5, 5.41) is 11.1. The number of nitrogens with one attached hydrogen (secondary N) is 1. The minimum absolute atomic E-state index is 0.0260. The van der Waals surface area contributed by atoms with E-state index < -0.39 is 5.91 Å². The molecule has 0 aliphatic heterocycles. The Morgan fingerprint density at radius 3 is 2.55 bits per heavy atom. The zero-order valence-electron chi connectivity index (χ0n) is 17.3. The minimum atomic E-state index is -0.446. The van der Waals surface area contributed by atoms with Crippen LogP contribution in [0.2, 0.25) is 0 Å². The molecule has 0 aliphatic rings. The molecule has 0 aliphatic carbocycles. The van der Waals surface area contributed by atoms with Gasteiger partial charge in [0.2, 0.25) is 0 Å². The Hall–Kier alpha value is -4.01. The topological polar surface area (TPSA) is 116 Å². The first-order chi connectivity index (χ1) is 14.9. The van der Waals surface area contributed by atoms with Crippen LogP contribution in [0.15, 0.2) is 57.5 Å². The Kier molecular flexibility index (Phi) is 5.48. The second-order valence-corrected chi connectivity index (χ2v) is 7.29. The number of amides is 1. The third-order valence-corrected chi connectivity index (χ3v) is 4.47. The van der Waals surface area contributed by atoms with Gasteiger partial charge < -0.3 is 14.2 Å². The van der Waals surface area contributed by atoms with Gasteiger partial charge in [-0.15, -0.1) is 5.10 Å². The summed E-state index contributed by atoms with van der Waals surface area (Å²) in [6, 6.07) is 12.6. The number of hydrogen-bond acceptors (Lipinski definition) is 7. The van der Waals surface area contributed by atoms with Crippen molar-refractivity contribution >= 4 is 17.5 Å². The first-order valence-electron chi connectivity index (χ1n) is 9.78. The fraction of sp³-hybridized carbons (Fsp3) is 0.227. The molecule has 3 aromatic heterocycles. The third-order valence-electron chi connectivity index (χ3n) is 4.47. The van der Waals surface area contributed by atoms with Gasteiger partial charge in [-0.05, 0) is 12.1 Å². The van der Waals surface area contributed by atoms with Crippen molar-refractivity contribution in [3.05, 3.63) is 71.8 Å². The number of Topliss-reactive ketones (excluding diaryl/α,β-unsaturated/α-hetero) is 1. The third kappa shape index (κ3) is 4.45. The van der Waals surface area contributed by atoms with Gasteiger partial charge in [-0.3, -0.25) is 9.59 Å². The van der Waals surface area contributed by atoms with Crippen molar-refractivity contribution in [2.75, 3.05) is 5.32 Å². The second kappa shape index (κ2) is 8.39. The van der Waals surface area contributed by atoms with Gasteiger partial charge in [0.05, 0.1) is 6.20 Å². The molecule has 9 nitrogen and oxygen atoms in total. The SMILES string of the molecule is CC(=O)c1ccc(Cn2ncc(NC(=O)c3nc(C(C)C)oc3-c3ccccc3)n2)o1. The summed E-state index contributed by atoms with van der Waals surface area (Å²) in [6.07, 6.45) is 1.43. The maximum absolute atomic E-state index is 12.9. The van der Waals surface area contributed by atoms with E-state index in [2.05, 4.69) is 20.5 Å². The largest absolute Gasteiger partial charge is 0.456 e. The lowest BCUT2D eigenvalue weighted by Gasteiger charge is -2.01. The van der Waals surface area contributed by atoms with E-state index in [4.69, 9.17) is 8.83 Å². The smallest absolute Gasteiger partial charge is 0.279 e. The number of nitrogens with zero attached hydrogens (tertiary/aromatic N) is 4. The van der Waals surface area contributed by atoms with Gasteiger partial charge in [0.15, 0.2) is 34.7 Å². The number of carbonyl (C=O) groups excluding carboxylic acids is 2. The van der Waals surface area contributed by atoms with Gasteiger partial charge in [0.25, 0.3) is 5.91 Å². The van der Waals surface area contributed by atoms with Crippen molar-refractivity contribution in [1.29, 1.82) is 0 Å². The Labute approximate surface area is 178 Å². The summed E-state index contributed by atoms with van der Waals surface area (Å²) in [6.45, 7) is 5.54. The number of oxazole rings is 1. The van der Waals surface area contributed by atoms with Crippen LogP contribution in [0.4, 0.5) is 5.82 Å². The highest BCUT2D eigenvalue weighted by atomic mass is 16.4. The number of aromatic nitrogens is 4. The van der Waals surface area contributed by atoms with Gasteiger partial charge in [-0.2, -0.15) is 9.90 Å². The Morgan fingerprint density at radius 1 is 1.10 bits per heavy atom. The van der Waals surface area contributed by atoms with Gasteiger partial charge in [-0.25, -0.2) is 4.98 Å². The van der Waals surface area contributed by atoms with Gasteiger partial charge in [0.1, 0.15) is 12.3 Å². The molecule has 9 heteroatoms. The molecule has 0 radical (unpaired) electrons. The lowest BCUT2D eigenvalue weighted by molar-refractivity contribution is 0.0983. The molecule has 1 aromatic carbocycles. The molecule has 0 unspecified atom stereocenters. The summed E-state index contributed by atoms with van der Waals surface area (Å²) in [5.41, 5.74) is 0.941. The van der Waals surface area contributed by atoms with E-state index in [1.807, 2.05) is 44.2 Å². The van der Waals surface area contributed by atoms with Crippen LogP contribution < -0.4 is 5.32 Å². The molecular weight excluding hydrogens is 398 g/mol. The fourth-order valence-corrected chi connectivity index (χ4v) is 2.92. The highest BCUT2D eigenvalue weighted by Crippen LogP contribution is 2.28. The van der Waals surface area contributed by atoms with Crippen LogP contribution in [0.3, 0.4) is 0 Å². The van der Waals surface area contributed by atoms with E-state index in [0.717, 1.165) is 5.56 Å². The molecule has 0 fully saturated rings. The van der Waals surface area contributed by atoms with E-state index in [1.54, 1.807) is 12.1 Å². The lowest BCUT2D eigenvalue weighted by atomic mass is 10.1. The fourth-order valence-electron chi connectivity index (χ4n) is 2.92. The molecule has 0 atom stereocenters. The molecule has 0 saturated carbocycles. The van der Waals surface area contributed by atoms with Crippen LogP contribution in [-0.4, -0.2) is 31.7 Å².